The van der Waals surface area contributed by atoms with E-state index in [0.717, 1.165) is 24.2 Å². The zero-order chi connectivity index (χ0) is 7.40. The highest BCUT2D eigenvalue weighted by Crippen LogP contribution is 2.27. The van der Waals surface area contributed by atoms with Crippen LogP contribution in [0.3, 0.4) is 0 Å². The SMILES string of the molecule is CC1=C(OOOOO)CC1. The highest BCUT2D eigenvalue weighted by atomic mass is 17.8. The molecule has 0 saturated heterocycles. The van der Waals surface area contributed by atoms with Crippen LogP contribution >= 0.6 is 0 Å². The van der Waals surface area contributed by atoms with Gasteiger partial charge in [-0.3, -0.25) is 0 Å². The molecule has 0 aromatic carbocycles. The fourth-order valence-electron chi connectivity index (χ4n) is 0.657. The van der Waals surface area contributed by atoms with Crippen molar-refractivity contribution in [3.05, 3.63) is 11.3 Å². The first-order valence-electron chi connectivity index (χ1n) is 2.84. The maximum absolute atomic E-state index is 7.59. The minimum Gasteiger partial charge on any atom is -0.311 e. The van der Waals surface area contributed by atoms with Crippen molar-refractivity contribution < 1.29 is 25.3 Å². The van der Waals surface area contributed by atoms with Crippen molar-refractivity contribution in [2.24, 2.45) is 0 Å². The van der Waals surface area contributed by atoms with Gasteiger partial charge < -0.3 is 4.89 Å². The third-order valence-electron chi connectivity index (χ3n) is 1.40. The van der Waals surface area contributed by atoms with E-state index in [1.54, 1.807) is 0 Å². The summed E-state index contributed by atoms with van der Waals surface area (Å²) in [6.07, 6.45) is 1.85. The molecule has 1 rings (SSSR count). The summed E-state index contributed by atoms with van der Waals surface area (Å²) in [4.78, 5) is 4.50. The van der Waals surface area contributed by atoms with E-state index in [2.05, 4.69) is 20.0 Å². The molecule has 58 valence electrons. The van der Waals surface area contributed by atoms with E-state index in [0.29, 0.717) is 0 Å². The molecular weight excluding hydrogens is 140 g/mol. The maximum atomic E-state index is 7.59. The number of hydrogen-bond acceptors (Lipinski definition) is 5. The molecule has 0 aliphatic heterocycles. The molecule has 0 spiro atoms. The van der Waals surface area contributed by atoms with E-state index in [1.807, 2.05) is 6.92 Å². The van der Waals surface area contributed by atoms with Gasteiger partial charge in [-0.25, -0.2) is 5.26 Å². The van der Waals surface area contributed by atoms with Gasteiger partial charge in [0.05, 0.1) is 0 Å². The highest BCUT2D eigenvalue weighted by molar-refractivity contribution is 5.15. The number of rotatable bonds is 4. The van der Waals surface area contributed by atoms with Gasteiger partial charge in [0.25, 0.3) is 0 Å². The molecule has 1 N–H and O–H groups in total. The van der Waals surface area contributed by atoms with Crippen LogP contribution in [-0.4, -0.2) is 5.26 Å². The smallest absolute Gasteiger partial charge is 0.145 e. The van der Waals surface area contributed by atoms with Crippen LogP contribution in [0.1, 0.15) is 19.8 Å². The molecule has 0 aromatic rings. The third kappa shape index (κ3) is 1.68. The van der Waals surface area contributed by atoms with Crippen LogP contribution < -0.4 is 0 Å². The zero-order valence-corrected chi connectivity index (χ0v) is 5.49. The Morgan fingerprint density at radius 2 is 2.10 bits per heavy atom. The number of hydrogen-bond donors (Lipinski definition) is 1. The summed E-state index contributed by atoms with van der Waals surface area (Å²) in [6.45, 7) is 1.92. The van der Waals surface area contributed by atoms with Crippen LogP contribution in [0.15, 0.2) is 11.3 Å². The van der Waals surface area contributed by atoms with Crippen LogP contribution in [0.25, 0.3) is 0 Å². The molecule has 0 fully saturated rings. The van der Waals surface area contributed by atoms with Crippen molar-refractivity contribution in [3.8, 4) is 0 Å². The van der Waals surface area contributed by atoms with Gasteiger partial charge in [0.1, 0.15) is 5.76 Å². The van der Waals surface area contributed by atoms with Crippen LogP contribution in [0.4, 0.5) is 0 Å². The van der Waals surface area contributed by atoms with E-state index in [4.69, 9.17) is 5.26 Å². The number of allylic oxidation sites excluding steroid dienone is 2. The first-order valence-corrected chi connectivity index (χ1v) is 2.84. The van der Waals surface area contributed by atoms with Gasteiger partial charge in [0, 0.05) is 16.5 Å². The Balaban J connectivity index is 2.09. The summed E-state index contributed by atoms with van der Waals surface area (Å²) < 4.78 is 0. The lowest BCUT2D eigenvalue weighted by molar-refractivity contribution is -0.696. The van der Waals surface area contributed by atoms with E-state index in [-0.39, 0.29) is 0 Å². The summed E-state index contributed by atoms with van der Waals surface area (Å²) in [5.74, 6) is 0.719. The quantitative estimate of drug-likeness (QED) is 0.370. The lowest BCUT2D eigenvalue weighted by atomic mass is 9.99. The third-order valence-corrected chi connectivity index (χ3v) is 1.40. The fraction of sp³-hybridized carbons (Fsp3) is 0.600. The zero-order valence-electron chi connectivity index (χ0n) is 5.49. The summed E-state index contributed by atoms with van der Waals surface area (Å²) >= 11 is 0. The second-order valence-corrected chi connectivity index (χ2v) is 2.00. The Hall–Kier alpha value is -0.620. The first kappa shape index (κ1) is 7.49. The van der Waals surface area contributed by atoms with Crippen molar-refractivity contribution in [2.45, 2.75) is 19.8 Å². The molecule has 0 bridgehead atoms. The lowest BCUT2D eigenvalue weighted by Gasteiger charge is -2.16. The molecule has 10 heavy (non-hydrogen) atoms. The van der Waals surface area contributed by atoms with Gasteiger partial charge in [-0.15, -0.1) is 0 Å². The van der Waals surface area contributed by atoms with Crippen molar-refractivity contribution in [1.29, 1.82) is 0 Å². The Labute approximate surface area is 57.5 Å². The molecule has 0 atom stereocenters. The predicted octanol–water partition coefficient (Wildman–Crippen LogP) is 1.34. The summed E-state index contributed by atoms with van der Waals surface area (Å²) in [5.41, 5.74) is 1.11. The largest absolute Gasteiger partial charge is 0.311 e. The van der Waals surface area contributed by atoms with Crippen LogP contribution in [-0.2, 0) is 20.0 Å². The molecule has 0 radical (unpaired) electrons. The van der Waals surface area contributed by atoms with Crippen molar-refractivity contribution in [1.82, 2.24) is 0 Å². The lowest BCUT2D eigenvalue weighted by Crippen LogP contribution is -2.06. The Morgan fingerprint density at radius 3 is 2.50 bits per heavy atom. The monoisotopic (exact) mass is 148 g/mol. The van der Waals surface area contributed by atoms with Gasteiger partial charge in [0.15, 0.2) is 0 Å². The van der Waals surface area contributed by atoms with Crippen LogP contribution in [0.5, 0.6) is 0 Å². The van der Waals surface area contributed by atoms with Crippen LogP contribution in [0.2, 0.25) is 0 Å². The topological polar surface area (TPSA) is 57.2 Å². The van der Waals surface area contributed by atoms with E-state index in [1.165, 1.54) is 0 Å². The first-order chi connectivity index (χ1) is 4.84. The van der Waals surface area contributed by atoms with Gasteiger partial charge in [-0.05, 0) is 24.0 Å². The highest BCUT2D eigenvalue weighted by Gasteiger charge is 2.15. The summed E-state index contributed by atoms with van der Waals surface area (Å²) in [7, 11) is 0. The van der Waals surface area contributed by atoms with Gasteiger partial charge >= 0.3 is 0 Å². The molecule has 0 unspecified atom stereocenters. The molecule has 0 saturated carbocycles. The molecule has 5 heteroatoms. The van der Waals surface area contributed by atoms with Gasteiger partial charge in [-0.2, -0.15) is 0 Å². The fourth-order valence-corrected chi connectivity index (χ4v) is 0.657. The Morgan fingerprint density at radius 1 is 1.30 bits per heavy atom. The Bertz CT molecular complexity index is 141. The van der Waals surface area contributed by atoms with Gasteiger partial charge in [0.2, 0.25) is 0 Å². The molecule has 0 aromatic heterocycles. The molecular formula is C5H8O5. The Kier molecular flexibility index (Phi) is 2.64. The predicted molar refractivity (Wildman–Crippen MR) is 28.9 cm³/mol. The van der Waals surface area contributed by atoms with Crippen molar-refractivity contribution >= 4 is 0 Å². The minimum absolute atomic E-state index is 0.719. The molecule has 1 aliphatic rings. The van der Waals surface area contributed by atoms with Gasteiger partial charge in [-0.1, -0.05) is 0 Å². The van der Waals surface area contributed by atoms with E-state index in [9.17, 15) is 0 Å². The van der Waals surface area contributed by atoms with Crippen LogP contribution in [0, 0.1) is 0 Å². The van der Waals surface area contributed by atoms with Crippen molar-refractivity contribution in [2.75, 3.05) is 0 Å². The second kappa shape index (κ2) is 3.52. The summed E-state index contributed by atoms with van der Waals surface area (Å²) in [5, 5.41) is 18.2. The molecule has 0 heterocycles. The van der Waals surface area contributed by atoms with E-state index < -0.39 is 0 Å². The normalized spacial score (nSPS) is 17.0. The average Bonchev–Trinajstić information content (AvgIpc) is 1.95. The van der Waals surface area contributed by atoms with E-state index >= 15 is 0 Å². The minimum atomic E-state index is 0.719. The maximum Gasteiger partial charge on any atom is 0.145 e. The second-order valence-electron chi connectivity index (χ2n) is 2.00. The molecule has 0 amide bonds. The average molecular weight is 148 g/mol. The molecule has 1 aliphatic carbocycles. The van der Waals surface area contributed by atoms with Crippen molar-refractivity contribution in [3.63, 3.8) is 0 Å². The standard InChI is InChI=1S/C5H8O5/c1-4-2-3-5(4)7-9-10-8-6/h6H,2-3H2,1H3. The summed E-state index contributed by atoms with van der Waals surface area (Å²) in [6, 6.07) is 0. The molecule has 5 nitrogen and oxygen atoms in total.